The van der Waals surface area contributed by atoms with Crippen LogP contribution in [0.4, 0.5) is 5.69 Å². The van der Waals surface area contributed by atoms with E-state index in [1.54, 1.807) is 12.1 Å². The summed E-state index contributed by atoms with van der Waals surface area (Å²) in [5.41, 5.74) is 0.728. The molecule has 1 unspecified atom stereocenters. The van der Waals surface area contributed by atoms with Gasteiger partial charge in [-0.3, -0.25) is 10.1 Å². The molecule has 0 aliphatic carbocycles. The first-order valence-corrected chi connectivity index (χ1v) is 7.17. The molecule has 0 amide bonds. The van der Waals surface area contributed by atoms with Crippen LogP contribution in [-0.4, -0.2) is 36.0 Å². The fourth-order valence-electron chi connectivity index (χ4n) is 1.87. The molecule has 0 aliphatic heterocycles. The number of halogens is 1. The van der Waals surface area contributed by atoms with Gasteiger partial charge in [-0.05, 0) is 32.5 Å². The third-order valence-electron chi connectivity index (χ3n) is 3.54. The van der Waals surface area contributed by atoms with Gasteiger partial charge in [0.2, 0.25) is 0 Å². The molecule has 0 fully saturated rings. The van der Waals surface area contributed by atoms with Gasteiger partial charge in [-0.1, -0.05) is 18.5 Å². The van der Waals surface area contributed by atoms with E-state index in [1.165, 1.54) is 6.07 Å². The van der Waals surface area contributed by atoms with E-state index in [9.17, 15) is 10.1 Å². The summed E-state index contributed by atoms with van der Waals surface area (Å²) >= 11 is 5.78. The second-order valence-electron chi connectivity index (χ2n) is 4.94. The van der Waals surface area contributed by atoms with Gasteiger partial charge in [0.05, 0.1) is 4.92 Å². The Morgan fingerprint density at radius 3 is 2.80 bits per heavy atom. The van der Waals surface area contributed by atoms with Crippen molar-refractivity contribution in [1.82, 2.24) is 10.2 Å². The van der Waals surface area contributed by atoms with Gasteiger partial charge in [0.15, 0.2) is 0 Å². The van der Waals surface area contributed by atoms with Crippen molar-refractivity contribution in [1.29, 1.82) is 0 Å². The first kappa shape index (κ1) is 16.9. The lowest BCUT2D eigenvalue weighted by Gasteiger charge is -2.23. The molecule has 0 bridgehead atoms. The van der Waals surface area contributed by atoms with Crippen molar-refractivity contribution in [2.75, 3.05) is 20.1 Å². The third kappa shape index (κ3) is 5.07. The van der Waals surface area contributed by atoms with Crippen LogP contribution < -0.4 is 5.32 Å². The van der Waals surface area contributed by atoms with Crippen molar-refractivity contribution in [3.05, 3.63) is 38.9 Å². The van der Waals surface area contributed by atoms with Gasteiger partial charge in [0.25, 0.3) is 5.69 Å². The molecule has 0 saturated heterocycles. The van der Waals surface area contributed by atoms with Crippen LogP contribution in [0, 0.1) is 10.1 Å². The molecule has 1 N–H and O–H groups in total. The minimum absolute atomic E-state index is 0.0697. The SMILES string of the molecule is CCC(C)N(C)CCNCc1ccc(Cl)cc1[N+](=O)[O-]. The monoisotopic (exact) mass is 299 g/mol. The maximum absolute atomic E-state index is 11.0. The maximum Gasteiger partial charge on any atom is 0.275 e. The highest BCUT2D eigenvalue weighted by Gasteiger charge is 2.13. The predicted octanol–water partition coefficient (Wildman–Crippen LogP) is 3.07. The van der Waals surface area contributed by atoms with Crippen molar-refractivity contribution >= 4 is 17.3 Å². The van der Waals surface area contributed by atoms with Crippen molar-refractivity contribution < 1.29 is 4.92 Å². The molecule has 20 heavy (non-hydrogen) atoms. The molecule has 1 rings (SSSR count). The van der Waals surface area contributed by atoms with E-state index in [0.29, 0.717) is 23.2 Å². The van der Waals surface area contributed by atoms with E-state index in [-0.39, 0.29) is 5.69 Å². The Morgan fingerprint density at radius 2 is 2.20 bits per heavy atom. The van der Waals surface area contributed by atoms with Crippen LogP contribution in [0.15, 0.2) is 18.2 Å². The topological polar surface area (TPSA) is 58.4 Å². The first-order valence-electron chi connectivity index (χ1n) is 6.79. The standard InChI is InChI=1S/C14H22ClN3O2/c1-4-11(2)17(3)8-7-16-10-12-5-6-13(15)9-14(12)18(19)20/h5-6,9,11,16H,4,7-8,10H2,1-3H3. The fraction of sp³-hybridized carbons (Fsp3) is 0.571. The lowest BCUT2D eigenvalue weighted by atomic mass is 10.2. The lowest BCUT2D eigenvalue weighted by molar-refractivity contribution is -0.385. The van der Waals surface area contributed by atoms with Crippen LogP contribution in [0.5, 0.6) is 0 Å². The molecule has 0 aliphatic rings. The molecule has 112 valence electrons. The number of nitrogens with one attached hydrogen (secondary N) is 1. The number of nitro benzene ring substituents is 1. The fourth-order valence-corrected chi connectivity index (χ4v) is 2.03. The van der Waals surface area contributed by atoms with E-state index in [1.807, 2.05) is 0 Å². The minimum Gasteiger partial charge on any atom is -0.311 e. The van der Waals surface area contributed by atoms with Crippen LogP contribution in [0.3, 0.4) is 0 Å². The van der Waals surface area contributed by atoms with E-state index < -0.39 is 4.92 Å². The summed E-state index contributed by atoms with van der Waals surface area (Å²) in [5, 5.41) is 14.6. The van der Waals surface area contributed by atoms with Crippen LogP contribution in [0.2, 0.25) is 5.02 Å². The summed E-state index contributed by atoms with van der Waals surface area (Å²) in [6.45, 7) is 6.52. The Hall–Kier alpha value is -1.17. The Labute approximate surface area is 125 Å². The van der Waals surface area contributed by atoms with Crippen LogP contribution in [0.25, 0.3) is 0 Å². The highest BCUT2D eigenvalue weighted by molar-refractivity contribution is 6.30. The molecule has 0 saturated carbocycles. The zero-order valence-electron chi connectivity index (χ0n) is 12.2. The second-order valence-corrected chi connectivity index (χ2v) is 5.38. The highest BCUT2D eigenvalue weighted by Crippen LogP contribution is 2.22. The van der Waals surface area contributed by atoms with Crippen LogP contribution in [-0.2, 0) is 6.54 Å². The second kappa shape index (κ2) is 8.19. The molecule has 1 aromatic carbocycles. The number of hydrogen-bond acceptors (Lipinski definition) is 4. The molecule has 1 atom stereocenters. The Balaban J connectivity index is 2.48. The number of rotatable bonds is 8. The van der Waals surface area contributed by atoms with E-state index in [2.05, 4.69) is 31.1 Å². The molecule has 0 heterocycles. The zero-order valence-corrected chi connectivity index (χ0v) is 13.0. The van der Waals surface area contributed by atoms with Gasteiger partial charge in [0, 0.05) is 42.3 Å². The summed E-state index contributed by atoms with van der Waals surface area (Å²) < 4.78 is 0. The van der Waals surface area contributed by atoms with Crippen molar-refractivity contribution in [2.24, 2.45) is 0 Å². The van der Waals surface area contributed by atoms with Crippen molar-refractivity contribution in [3.8, 4) is 0 Å². The molecule has 0 radical (unpaired) electrons. The van der Waals surface area contributed by atoms with Gasteiger partial charge >= 0.3 is 0 Å². The van der Waals surface area contributed by atoms with E-state index in [4.69, 9.17) is 11.6 Å². The molecule has 0 aromatic heterocycles. The number of hydrogen-bond donors (Lipinski definition) is 1. The van der Waals surface area contributed by atoms with Crippen LogP contribution in [0.1, 0.15) is 25.8 Å². The molecular formula is C14H22ClN3O2. The Morgan fingerprint density at radius 1 is 1.50 bits per heavy atom. The van der Waals surface area contributed by atoms with Gasteiger partial charge in [-0.15, -0.1) is 0 Å². The van der Waals surface area contributed by atoms with Gasteiger partial charge in [0.1, 0.15) is 0 Å². The van der Waals surface area contributed by atoms with Gasteiger partial charge < -0.3 is 10.2 Å². The number of nitrogens with zero attached hydrogens (tertiary/aromatic N) is 2. The number of benzene rings is 1. The minimum atomic E-state index is -0.395. The Kier molecular flexibility index (Phi) is 6.91. The molecule has 5 nitrogen and oxygen atoms in total. The summed E-state index contributed by atoms with van der Waals surface area (Å²) in [6, 6.07) is 5.31. The summed E-state index contributed by atoms with van der Waals surface area (Å²) in [4.78, 5) is 12.8. The summed E-state index contributed by atoms with van der Waals surface area (Å²) in [6.07, 6.45) is 1.11. The van der Waals surface area contributed by atoms with E-state index >= 15 is 0 Å². The smallest absolute Gasteiger partial charge is 0.275 e. The van der Waals surface area contributed by atoms with Crippen molar-refractivity contribution in [2.45, 2.75) is 32.9 Å². The largest absolute Gasteiger partial charge is 0.311 e. The molecule has 0 spiro atoms. The van der Waals surface area contributed by atoms with Crippen molar-refractivity contribution in [3.63, 3.8) is 0 Å². The summed E-state index contributed by atoms with van der Waals surface area (Å²) in [7, 11) is 2.08. The average molecular weight is 300 g/mol. The number of likely N-dealkylation sites (N-methyl/N-ethyl adjacent to an activating group) is 1. The predicted molar refractivity (Wildman–Crippen MR) is 82.2 cm³/mol. The third-order valence-corrected chi connectivity index (χ3v) is 3.78. The highest BCUT2D eigenvalue weighted by atomic mass is 35.5. The Bertz CT molecular complexity index is 454. The lowest BCUT2D eigenvalue weighted by Crippen LogP contribution is -2.34. The molecule has 6 heteroatoms. The molecule has 1 aromatic rings. The van der Waals surface area contributed by atoms with E-state index in [0.717, 1.165) is 19.5 Å². The van der Waals surface area contributed by atoms with Gasteiger partial charge in [-0.2, -0.15) is 0 Å². The van der Waals surface area contributed by atoms with Gasteiger partial charge in [-0.25, -0.2) is 0 Å². The quantitative estimate of drug-likeness (QED) is 0.455. The zero-order chi connectivity index (χ0) is 15.1. The number of nitro groups is 1. The normalized spacial score (nSPS) is 12.7. The average Bonchev–Trinajstić information content (AvgIpc) is 2.43. The first-order chi connectivity index (χ1) is 9.45. The van der Waals surface area contributed by atoms with Crippen LogP contribution >= 0.6 is 11.6 Å². The summed E-state index contributed by atoms with van der Waals surface area (Å²) in [5.74, 6) is 0. The molecular weight excluding hydrogens is 278 g/mol. The maximum atomic E-state index is 11.0.